The average Bonchev–Trinajstić information content (AvgIpc) is 3.24. The molecule has 0 saturated carbocycles. The lowest BCUT2D eigenvalue weighted by molar-refractivity contribution is -0.116. The van der Waals surface area contributed by atoms with Crippen molar-refractivity contribution in [1.82, 2.24) is 20.0 Å². The number of carbonyl (C=O) groups is 1. The van der Waals surface area contributed by atoms with Crippen LogP contribution in [-0.4, -0.2) is 25.9 Å². The average molecular weight is 341 g/mol. The molecule has 4 rings (SSSR count). The molecule has 0 fully saturated rings. The van der Waals surface area contributed by atoms with Crippen LogP contribution >= 0.6 is 11.3 Å². The predicted molar refractivity (Wildman–Crippen MR) is 94.2 cm³/mol. The van der Waals surface area contributed by atoms with Gasteiger partial charge in [-0.15, -0.1) is 11.3 Å². The Morgan fingerprint density at radius 2 is 2.29 bits per heavy atom. The Morgan fingerprint density at radius 3 is 3.00 bits per heavy atom. The zero-order chi connectivity index (χ0) is 16.7. The first-order valence-electron chi connectivity index (χ1n) is 8.05. The summed E-state index contributed by atoms with van der Waals surface area (Å²) in [7, 11) is 0. The van der Waals surface area contributed by atoms with Gasteiger partial charge in [-0.25, -0.2) is 0 Å². The number of aromatic nitrogens is 4. The van der Waals surface area contributed by atoms with Gasteiger partial charge in [0.25, 0.3) is 0 Å². The number of aryl methyl sites for hydroxylation is 3. The maximum Gasteiger partial charge on any atom is 0.226 e. The first kappa shape index (κ1) is 15.1. The van der Waals surface area contributed by atoms with Gasteiger partial charge >= 0.3 is 0 Å². The van der Waals surface area contributed by atoms with Crippen molar-refractivity contribution in [2.75, 3.05) is 5.32 Å². The molecule has 0 saturated heterocycles. The van der Waals surface area contributed by atoms with Gasteiger partial charge in [0, 0.05) is 30.1 Å². The highest BCUT2D eigenvalue weighted by Gasteiger charge is 2.31. The molecule has 1 aliphatic heterocycles. The Morgan fingerprint density at radius 1 is 1.42 bits per heavy atom. The van der Waals surface area contributed by atoms with Crippen LogP contribution in [0, 0.1) is 13.8 Å². The molecule has 3 aromatic rings. The van der Waals surface area contributed by atoms with Crippen LogP contribution in [0.15, 0.2) is 23.6 Å². The zero-order valence-corrected chi connectivity index (χ0v) is 14.5. The van der Waals surface area contributed by atoms with E-state index in [1.165, 1.54) is 0 Å². The van der Waals surface area contributed by atoms with Gasteiger partial charge in [0.2, 0.25) is 5.91 Å². The normalized spacial score (nSPS) is 16.9. The summed E-state index contributed by atoms with van der Waals surface area (Å²) in [6, 6.07) is 6.18. The summed E-state index contributed by atoms with van der Waals surface area (Å²) in [6.07, 6.45) is 1.35. The van der Waals surface area contributed by atoms with Gasteiger partial charge in [-0.3, -0.25) is 14.6 Å². The van der Waals surface area contributed by atoms with E-state index in [1.54, 1.807) is 11.3 Å². The van der Waals surface area contributed by atoms with E-state index in [0.717, 1.165) is 40.5 Å². The molecule has 3 aromatic heterocycles. The van der Waals surface area contributed by atoms with Crippen LogP contribution in [0.1, 0.15) is 35.7 Å². The van der Waals surface area contributed by atoms with Crippen molar-refractivity contribution in [3.8, 4) is 10.6 Å². The van der Waals surface area contributed by atoms with Gasteiger partial charge in [0.15, 0.2) is 5.82 Å². The first-order chi connectivity index (χ1) is 11.6. The smallest absolute Gasteiger partial charge is 0.226 e. The molecule has 0 aromatic carbocycles. The third kappa shape index (κ3) is 2.65. The highest BCUT2D eigenvalue weighted by Crippen LogP contribution is 2.41. The van der Waals surface area contributed by atoms with Crippen molar-refractivity contribution in [3.05, 3.63) is 40.5 Å². The van der Waals surface area contributed by atoms with Crippen molar-refractivity contribution in [3.63, 3.8) is 0 Å². The van der Waals surface area contributed by atoms with E-state index in [9.17, 15) is 4.79 Å². The van der Waals surface area contributed by atoms with E-state index in [1.807, 2.05) is 17.7 Å². The van der Waals surface area contributed by atoms with E-state index in [4.69, 9.17) is 0 Å². The Balaban J connectivity index is 1.64. The van der Waals surface area contributed by atoms with Crippen LogP contribution in [0.3, 0.4) is 0 Å². The number of hydrogen-bond donors (Lipinski definition) is 2. The van der Waals surface area contributed by atoms with Crippen molar-refractivity contribution in [1.29, 1.82) is 0 Å². The minimum Gasteiger partial charge on any atom is -0.309 e. The molecule has 7 heteroatoms. The molecule has 1 amide bonds. The molecule has 0 spiro atoms. The Labute approximate surface area is 143 Å². The second kappa shape index (κ2) is 5.90. The number of rotatable bonds is 4. The number of carbonyl (C=O) groups excluding carboxylic acids is 1. The molecule has 6 nitrogen and oxygen atoms in total. The topological polar surface area (TPSA) is 75.6 Å². The molecule has 1 aliphatic rings. The zero-order valence-electron chi connectivity index (χ0n) is 13.7. The molecule has 0 aliphatic carbocycles. The lowest BCUT2D eigenvalue weighted by atomic mass is 9.88. The van der Waals surface area contributed by atoms with Crippen molar-refractivity contribution >= 4 is 23.1 Å². The molecule has 4 heterocycles. The van der Waals surface area contributed by atoms with Crippen molar-refractivity contribution in [2.45, 2.75) is 39.2 Å². The lowest BCUT2D eigenvalue weighted by Crippen LogP contribution is -2.23. The SMILES string of the molecule is Cc1cc(C)n(CC[C@H]2CC(=O)Nc3n[nH]c(-c4cccs4)c32)n1. The fourth-order valence-corrected chi connectivity index (χ4v) is 4.12. The van der Waals surface area contributed by atoms with E-state index < -0.39 is 0 Å². The summed E-state index contributed by atoms with van der Waals surface area (Å²) in [5.41, 5.74) is 4.33. The number of fused-ring (bicyclic) bond motifs is 1. The Kier molecular flexibility index (Phi) is 3.72. The summed E-state index contributed by atoms with van der Waals surface area (Å²) in [6.45, 7) is 4.86. The highest BCUT2D eigenvalue weighted by atomic mass is 32.1. The molecular formula is C17H19N5OS. The molecule has 0 radical (unpaired) electrons. The molecule has 0 bridgehead atoms. The maximum absolute atomic E-state index is 12.0. The standard InChI is InChI=1S/C17H19N5OS/c1-10-8-11(2)22(21-10)6-5-12-9-14(23)18-17-15(12)16(19-20-17)13-4-3-7-24-13/h3-4,7-8,12H,5-6,9H2,1-2H3,(H2,18,19,20,23)/t12-/m0/s1. The van der Waals surface area contributed by atoms with Crippen LogP contribution in [-0.2, 0) is 11.3 Å². The summed E-state index contributed by atoms with van der Waals surface area (Å²) < 4.78 is 2.02. The second-order valence-electron chi connectivity index (χ2n) is 6.23. The highest BCUT2D eigenvalue weighted by molar-refractivity contribution is 7.13. The van der Waals surface area contributed by atoms with Gasteiger partial charge in [-0.2, -0.15) is 10.2 Å². The summed E-state index contributed by atoms with van der Waals surface area (Å²) in [5.74, 6) is 0.853. The number of hydrogen-bond acceptors (Lipinski definition) is 4. The number of aromatic amines is 1. The molecule has 1 atom stereocenters. The van der Waals surface area contributed by atoms with Crippen LogP contribution in [0.25, 0.3) is 10.6 Å². The van der Waals surface area contributed by atoms with E-state index in [0.29, 0.717) is 12.2 Å². The van der Waals surface area contributed by atoms with E-state index in [-0.39, 0.29) is 11.8 Å². The third-order valence-corrected chi connectivity index (χ3v) is 5.35. The Bertz CT molecular complexity index is 877. The van der Waals surface area contributed by atoms with Gasteiger partial charge in [-0.05, 0) is 37.8 Å². The number of thiophene rings is 1. The number of amides is 1. The fraction of sp³-hybridized carbons (Fsp3) is 0.353. The van der Waals surface area contributed by atoms with Crippen LogP contribution in [0.4, 0.5) is 5.82 Å². The molecule has 24 heavy (non-hydrogen) atoms. The van der Waals surface area contributed by atoms with Crippen molar-refractivity contribution < 1.29 is 4.79 Å². The monoisotopic (exact) mass is 341 g/mol. The quantitative estimate of drug-likeness (QED) is 0.763. The van der Waals surface area contributed by atoms with Gasteiger partial charge in [-0.1, -0.05) is 6.07 Å². The maximum atomic E-state index is 12.0. The van der Waals surface area contributed by atoms with E-state index in [2.05, 4.69) is 45.0 Å². The molecular weight excluding hydrogens is 322 g/mol. The van der Waals surface area contributed by atoms with Gasteiger partial charge in [0.05, 0.1) is 16.3 Å². The van der Waals surface area contributed by atoms with Crippen LogP contribution < -0.4 is 5.32 Å². The third-order valence-electron chi connectivity index (χ3n) is 4.46. The van der Waals surface area contributed by atoms with Gasteiger partial charge in [0.1, 0.15) is 0 Å². The van der Waals surface area contributed by atoms with E-state index >= 15 is 0 Å². The minimum atomic E-state index is 0.0325. The first-order valence-corrected chi connectivity index (χ1v) is 8.93. The second-order valence-corrected chi connectivity index (χ2v) is 7.17. The number of anilines is 1. The number of nitrogens with zero attached hydrogens (tertiary/aromatic N) is 3. The fourth-order valence-electron chi connectivity index (χ4n) is 3.39. The van der Waals surface area contributed by atoms with Crippen molar-refractivity contribution in [2.24, 2.45) is 0 Å². The minimum absolute atomic E-state index is 0.0325. The summed E-state index contributed by atoms with van der Waals surface area (Å²) >= 11 is 1.68. The van der Waals surface area contributed by atoms with Gasteiger partial charge < -0.3 is 5.32 Å². The lowest BCUT2D eigenvalue weighted by Gasteiger charge is -2.23. The summed E-state index contributed by atoms with van der Waals surface area (Å²) in [5, 5.41) is 16.9. The van der Waals surface area contributed by atoms with Crippen LogP contribution in [0.5, 0.6) is 0 Å². The molecule has 124 valence electrons. The largest absolute Gasteiger partial charge is 0.309 e. The molecule has 0 unspecified atom stereocenters. The number of H-pyrrole nitrogens is 1. The Hall–Kier alpha value is -2.41. The summed E-state index contributed by atoms with van der Waals surface area (Å²) in [4.78, 5) is 13.2. The van der Waals surface area contributed by atoms with Crippen LogP contribution in [0.2, 0.25) is 0 Å². The predicted octanol–water partition coefficient (Wildman–Crippen LogP) is 3.47. The number of nitrogens with one attached hydrogen (secondary N) is 2. The molecule has 2 N–H and O–H groups in total.